The van der Waals surface area contributed by atoms with Gasteiger partial charge < -0.3 is 0 Å². The van der Waals surface area contributed by atoms with Crippen molar-refractivity contribution in [2.24, 2.45) is 0 Å². The van der Waals surface area contributed by atoms with Crippen molar-refractivity contribution in [3.8, 4) is 11.3 Å². The summed E-state index contributed by atoms with van der Waals surface area (Å²) in [5.41, 5.74) is 1.28. The first-order chi connectivity index (χ1) is 11.7. The van der Waals surface area contributed by atoms with Crippen LogP contribution in [0.2, 0.25) is 17.3 Å². The molecule has 0 aliphatic heterocycles. The molecule has 0 bridgehead atoms. The SMILES string of the molecule is [2H]C([2H])([2H])C([2H])(c1cc(-c2ccccc2)nc[c]1[Ge]([CH3])([CH3])[CH3])C([2H])([2H])[2H]. The third-order valence-corrected chi connectivity index (χ3v) is 7.28. The van der Waals surface area contributed by atoms with Gasteiger partial charge >= 0.3 is 129 Å². The molecule has 1 aromatic carbocycles. The van der Waals surface area contributed by atoms with Crippen molar-refractivity contribution in [2.45, 2.75) is 36.9 Å². The van der Waals surface area contributed by atoms with Crippen LogP contribution in [0.3, 0.4) is 0 Å². The number of hydrogen-bond donors (Lipinski definition) is 0. The van der Waals surface area contributed by atoms with E-state index >= 15 is 0 Å². The zero-order chi connectivity index (χ0) is 20.0. The van der Waals surface area contributed by atoms with Crippen LogP contribution in [-0.2, 0) is 0 Å². The summed E-state index contributed by atoms with van der Waals surface area (Å²) in [5, 5.41) is 0. The minimum atomic E-state index is -3.00. The van der Waals surface area contributed by atoms with Gasteiger partial charge in [0, 0.05) is 0 Å². The first-order valence-electron chi connectivity index (χ1n) is 9.76. The molecule has 0 saturated heterocycles. The second kappa shape index (κ2) is 5.50. The normalized spacial score (nSPS) is 19.2. The van der Waals surface area contributed by atoms with Gasteiger partial charge in [0.05, 0.1) is 0 Å². The first kappa shape index (κ1) is 7.63. The van der Waals surface area contributed by atoms with Crippen LogP contribution in [0.5, 0.6) is 0 Å². The van der Waals surface area contributed by atoms with Gasteiger partial charge in [0.15, 0.2) is 0 Å². The molecular weight excluding hydrogens is 291 g/mol. The molecule has 1 nitrogen and oxygen atoms in total. The summed E-state index contributed by atoms with van der Waals surface area (Å²) in [6, 6.07) is 10.6. The fraction of sp³-hybridized carbons (Fsp3) is 0.353. The van der Waals surface area contributed by atoms with E-state index in [2.05, 4.69) is 4.98 Å². The molecule has 2 heteroatoms. The Balaban J connectivity index is 2.86. The Kier molecular flexibility index (Phi) is 2.21. The zero-order valence-corrected chi connectivity index (χ0v) is 13.6. The molecule has 100 valence electrons. The molecule has 0 fully saturated rings. The number of hydrogen-bond acceptors (Lipinski definition) is 1. The van der Waals surface area contributed by atoms with E-state index in [4.69, 9.17) is 9.60 Å². The molecule has 0 radical (unpaired) electrons. The van der Waals surface area contributed by atoms with Gasteiger partial charge in [0.1, 0.15) is 0 Å². The van der Waals surface area contributed by atoms with Gasteiger partial charge in [-0.15, -0.1) is 0 Å². The van der Waals surface area contributed by atoms with Gasteiger partial charge in [0.2, 0.25) is 0 Å². The van der Waals surface area contributed by atoms with Crippen molar-refractivity contribution in [1.82, 2.24) is 4.98 Å². The predicted molar refractivity (Wildman–Crippen MR) is 86.7 cm³/mol. The summed E-state index contributed by atoms with van der Waals surface area (Å²) in [5.74, 6) is 3.38. The van der Waals surface area contributed by atoms with Crippen LogP contribution in [-0.4, -0.2) is 18.3 Å². The Labute approximate surface area is 129 Å². The van der Waals surface area contributed by atoms with Crippen LogP contribution in [0, 0.1) is 0 Å². The van der Waals surface area contributed by atoms with E-state index in [0.717, 1.165) is 5.56 Å². The average molecular weight is 321 g/mol. The molecule has 0 aliphatic carbocycles. The van der Waals surface area contributed by atoms with Gasteiger partial charge in [-0.2, -0.15) is 0 Å². The van der Waals surface area contributed by atoms with E-state index in [0.29, 0.717) is 10.1 Å². The quantitative estimate of drug-likeness (QED) is 0.763. The fourth-order valence-electron chi connectivity index (χ4n) is 2.03. The number of aromatic nitrogens is 1. The van der Waals surface area contributed by atoms with E-state index in [1.54, 1.807) is 6.20 Å². The van der Waals surface area contributed by atoms with Gasteiger partial charge in [0.25, 0.3) is 0 Å². The summed E-state index contributed by atoms with van der Waals surface area (Å²) >= 11 is -2.71. The van der Waals surface area contributed by atoms with E-state index in [9.17, 15) is 0 Å². The third-order valence-electron chi connectivity index (χ3n) is 3.05. The average Bonchev–Trinajstić information content (AvgIpc) is 2.51. The maximum atomic E-state index is 8.62. The number of benzene rings is 1. The minimum absolute atomic E-state index is 0.0545. The van der Waals surface area contributed by atoms with Gasteiger partial charge in [-0.05, 0) is 0 Å². The third kappa shape index (κ3) is 3.27. The summed E-state index contributed by atoms with van der Waals surface area (Å²) in [7, 11) is 0. The fourth-order valence-corrected chi connectivity index (χ4v) is 5.08. The van der Waals surface area contributed by atoms with Crippen molar-refractivity contribution in [1.29, 1.82) is 0 Å². The summed E-state index contributed by atoms with van der Waals surface area (Å²) in [4.78, 5) is 4.45. The Morgan fingerprint density at radius 2 is 1.84 bits per heavy atom. The number of rotatable bonds is 3. The maximum absolute atomic E-state index is 8.62. The van der Waals surface area contributed by atoms with Crippen LogP contribution < -0.4 is 4.40 Å². The van der Waals surface area contributed by atoms with Crippen LogP contribution >= 0.6 is 0 Å². The van der Waals surface area contributed by atoms with E-state index in [1.807, 2.05) is 47.6 Å². The molecule has 0 spiro atoms. The van der Waals surface area contributed by atoms with Crippen molar-refractivity contribution in [2.75, 3.05) is 0 Å². The molecule has 0 saturated carbocycles. The molecule has 0 amide bonds. The molecule has 0 aliphatic rings. The van der Waals surface area contributed by atoms with Crippen LogP contribution in [0.1, 0.15) is 34.8 Å². The molecular formula is C17H23GeN. The predicted octanol–water partition coefficient (Wildman–Crippen LogP) is 4.42. The first-order valence-corrected chi connectivity index (χ1v) is 13.6. The second-order valence-corrected chi connectivity index (χ2v) is 16.2. The van der Waals surface area contributed by atoms with Crippen LogP contribution in [0.15, 0.2) is 42.6 Å². The molecule has 0 unspecified atom stereocenters. The van der Waals surface area contributed by atoms with Crippen molar-refractivity contribution < 1.29 is 9.60 Å². The Bertz CT molecular complexity index is 762. The van der Waals surface area contributed by atoms with E-state index in [1.165, 1.54) is 6.07 Å². The number of pyridine rings is 1. The molecule has 19 heavy (non-hydrogen) atoms. The van der Waals surface area contributed by atoms with Crippen LogP contribution in [0.25, 0.3) is 11.3 Å². The summed E-state index contributed by atoms with van der Waals surface area (Å²) < 4.78 is 56.3. The Morgan fingerprint density at radius 3 is 2.42 bits per heavy atom. The van der Waals surface area contributed by atoms with Crippen molar-refractivity contribution in [3.05, 3.63) is 48.2 Å². The Morgan fingerprint density at radius 1 is 1.16 bits per heavy atom. The molecule has 0 N–H and O–H groups in total. The molecule has 1 aromatic heterocycles. The standard InChI is InChI=1S/C17H23GeN/c1-13(2)15-11-17(14-9-7-6-8-10-14)19-12-16(15)18(3,4)5/h6-13H,1-5H3/i1D3,2D3,13D. The van der Waals surface area contributed by atoms with Crippen molar-refractivity contribution in [3.63, 3.8) is 0 Å². The zero-order valence-electron chi connectivity index (χ0n) is 18.5. The summed E-state index contributed by atoms with van der Waals surface area (Å²) in [6.45, 7) is -6.01. The van der Waals surface area contributed by atoms with E-state index < -0.39 is 32.9 Å². The molecule has 2 rings (SSSR count). The number of nitrogens with zero attached hydrogens (tertiary/aromatic N) is 1. The Hall–Kier alpha value is -1.09. The molecule has 0 atom stereocenters. The van der Waals surface area contributed by atoms with Crippen LogP contribution in [0.4, 0.5) is 0 Å². The second-order valence-electron chi connectivity index (χ2n) is 5.61. The van der Waals surface area contributed by atoms with Crippen molar-refractivity contribution >= 4 is 17.7 Å². The monoisotopic (exact) mass is 322 g/mol. The van der Waals surface area contributed by atoms with E-state index in [-0.39, 0.29) is 5.56 Å². The van der Waals surface area contributed by atoms with Gasteiger partial charge in [-0.3, -0.25) is 0 Å². The van der Waals surface area contributed by atoms with Gasteiger partial charge in [-0.1, -0.05) is 0 Å². The van der Waals surface area contributed by atoms with Gasteiger partial charge in [-0.25, -0.2) is 0 Å². The summed E-state index contributed by atoms with van der Waals surface area (Å²) in [6.07, 6.45) is 1.58. The molecule has 2 aromatic rings. The molecule has 1 heterocycles. The topological polar surface area (TPSA) is 12.9 Å².